The van der Waals surface area contributed by atoms with Gasteiger partial charge >= 0.3 is 0 Å². The maximum absolute atomic E-state index is 14.8. The lowest BCUT2D eigenvalue weighted by molar-refractivity contribution is -0.138. The van der Waals surface area contributed by atoms with Crippen LogP contribution in [0.4, 0.5) is 5.69 Å². The molecule has 3 aromatic carbocycles. The summed E-state index contributed by atoms with van der Waals surface area (Å²) in [6.07, 6.45) is 0. The molecule has 1 heterocycles. The van der Waals surface area contributed by atoms with E-state index in [-0.39, 0.29) is 27.6 Å². The highest BCUT2D eigenvalue weighted by atomic mass is 35.5. The Kier molecular flexibility index (Phi) is 7.45. The number of amides is 2. The van der Waals surface area contributed by atoms with E-state index in [4.69, 9.17) is 16.3 Å². The highest BCUT2D eigenvalue weighted by Gasteiger charge is 2.60. The molecule has 3 aromatic rings. The molecule has 0 fully saturated rings. The van der Waals surface area contributed by atoms with E-state index in [2.05, 4.69) is 6.07 Å². The Morgan fingerprint density at radius 2 is 1.69 bits per heavy atom. The average Bonchev–Trinajstić information content (AvgIpc) is 3.20. The number of carbonyl (C=O) groups is 2. The van der Waals surface area contributed by atoms with Crippen molar-refractivity contribution in [2.24, 2.45) is 0 Å². The van der Waals surface area contributed by atoms with Crippen LogP contribution in [-0.2, 0) is 25.2 Å². The summed E-state index contributed by atoms with van der Waals surface area (Å²) in [5.41, 5.74) is -1.01. The Morgan fingerprint density at radius 1 is 1.05 bits per heavy atom. The highest BCUT2D eigenvalue weighted by molar-refractivity contribution is 7.93. The molecular formula is C28H27ClN4O5S. The molecule has 0 spiro atoms. The maximum Gasteiger partial charge on any atom is 0.271 e. The lowest BCUT2D eigenvalue weighted by Crippen LogP contribution is -2.59. The number of rotatable bonds is 7. The number of anilines is 1. The minimum atomic E-state index is -4.45. The number of halogens is 1. The predicted molar refractivity (Wildman–Crippen MR) is 147 cm³/mol. The third-order valence-corrected chi connectivity index (χ3v) is 8.95. The summed E-state index contributed by atoms with van der Waals surface area (Å²) in [5.74, 6) is -0.842. The Balaban J connectivity index is 2.12. The molecule has 1 unspecified atom stereocenters. The number of benzene rings is 3. The second-order valence-electron chi connectivity index (χ2n) is 9.30. The summed E-state index contributed by atoms with van der Waals surface area (Å²) in [4.78, 5) is 30.8. The fourth-order valence-electron chi connectivity index (χ4n) is 4.96. The number of ether oxygens (including phenoxy) is 1. The SMILES string of the molecule is COc1ccccc1[C@]1(N(C)C(C)C(=O)N(C)C)C(=O)N(S(=O)(=O)c2ccc(Cl)cc2)c2ccc(C#N)cc21. The van der Waals surface area contributed by atoms with Crippen molar-refractivity contribution >= 4 is 39.1 Å². The van der Waals surface area contributed by atoms with Crippen molar-refractivity contribution in [3.8, 4) is 11.8 Å². The summed E-state index contributed by atoms with van der Waals surface area (Å²) in [6.45, 7) is 1.64. The molecule has 4 rings (SSSR count). The topological polar surface area (TPSA) is 111 Å². The molecule has 2 amide bonds. The van der Waals surface area contributed by atoms with Gasteiger partial charge in [0.1, 0.15) is 5.75 Å². The van der Waals surface area contributed by atoms with Crippen molar-refractivity contribution in [3.63, 3.8) is 0 Å². The quantitative estimate of drug-likeness (QED) is 0.429. The molecular weight excluding hydrogens is 540 g/mol. The maximum atomic E-state index is 14.8. The van der Waals surface area contributed by atoms with E-state index >= 15 is 0 Å². The van der Waals surface area contributed by atoms with E-state index in [1.54, 1.807) is 52.3 Å². The molecule has 0 aliphatic carbocycles. The van der Waals surface area contributed by atoms with Crippen molar-refractivity contribution < 1.29 is 22.7 Å². The molecule has 202 valence electrons. The van der Waals surface area contributed by atoms with Gasteiger partial charge in [0.05, 0.1) is 35.4 Å². The zero-order valence-electron chi connectivity index (χ0n) is 22.0. The predicted octanol–water partition coefficient (Wildman–Crippen LogP) is 3.61. The lowest BCUT2D eigenvalue weighted by atomic mass is 9.80. The van der Waals surface area contributed by atoms with Crippen LogP contribution in [0.15, 0.2) is 71.6 Å². The third-order valence-electron chi connectivity index (χ3n) is 6.98. The van der Waals surface area contributed by atoms with Gasteiger partial charge in [-0.25, -0.2) is 12.7 Å². The number of hydrogen-bond donors (Lipinski definition) is 0. The van der Waals surface area contributed by atoms with Crippen LogP contribution in [0.1, 0.15) is 23.6 Å². The van der Waals surface area contributed by atoms with Gasteiger partial charge in [-0.15, -0.1) is 0 Å². The van der Waals surface area contributed by atoms with E-state index in [0.29, 0.717) is 16.3 Å². The van der Waals surface area contributed by atoms with Gasteiger partial charge in [0.2, 0.25) is 5.91 Å². The largest absolute Gasteiger partial charge is 0.496 e. The Morgan fingerprint density at radius 3 is 2.28 bits per heavy atom. The number of para-hydroxylation sites is 1. The highest BCUT2D eigenvalue weighted by Crippen LogP contribution is 2.52. The van der Waals surface area contributed by atoms with Gasteiger partial charge in [0, 0.05) is 30.2 Å². The van der Waals surface area contributed by atoms with E-state index < -0.39 is 27.5 Å². The van der Waals surface area contributed by atoms with Gasteiger partial charge in [-0.1, -0.05) is 29.8 Å². The first kappa shape index (κ1) is 28.1. The smallest absolute Gasteiger partial charge is 0.271 e. The summed E-state index contributed by atoms with van der Waals surface area (Å²) in [7, 11) is 1.76. The molecule has 39 heavy (non-hydrogen) atoms. The van der Waals surface area contributed by atoms with E-state index in [1.165, 1.54) is 59.4 Å². The standard InChI is InChI=1S/C28H27ClN4O5S/c1-18(26(34)31(2)3)32(4)28(22-8-6-7-9-25(22)38-5)23-16-19(17-30)10-15-24(23)33(27(28)35)39(36,37)21-13-11-20(29)12-14-21/h6-16,18H,1-5H3/t18?,28-/m1/s1. The fraction of sp³-hybridized carbons (Fsp3) is 0.250. The zero-order valence-corrected chi connectivity index (χ0v) is 23.6. The number of nitriles is 1. The fourth-order valence-corrected chi connectivity index (χ4v) is 6.54. The molecule has 11 heteroatoms. The van der Waals surface area contributed by atoms with Gasteiger partial charge < -0.3 is 9.64 Å². The number of nitrogens with zero attached hydrogens (tertiary/aromatic N) is 4. The molecule has 0 aromatic heterocycles. The number of fused-ring (bicyclic) bond motifs is 1. The van der Waals surface area contributed by atoms with Crippen LogP contribution in [0.2, 0.25) is 5.02 Å². The molecule has 0 saturated heterocycles. The van der Waals surface area contributed by atoms with Crippen molar-refractivity contribution in [3.05, 3.63) is 88.4 Å². The Hall–Kier alpha value is -3.91. The molecule has 0 bridgehead atoms. The van der Waals surface area contributed by atoms with Crippen LogP contribution in [0.3, 0.4) is 0 Å². The van der Waals surface area contributed by atoms with E-state index in [0.717, 1.165) is 4.31 Å². The monoisotopic (exact) mass is 566 g/mol. The minimum Gasteiger partial charge on any atom is -0.496 e. The van der Waals surface area contributed by atoms with Crippen LogP contribution >= 0.6 is 11.6 Å². The third kappa shape index (κ3) is 4.33. The average molecular weight is 567 g/mol. The van der Waals surface area contributed by atoms with E-state index in [1.807, 2.05) is 0 Å². The lowest BCUT2D eigenvalue weighted by Gasteiger charge is -2.42. The van der Waals surface area contributed by atoms with Crippen LogP contribution in [0.5, 0.6) is 5.75 Å². The van der Waals surface area contributed by atoms with Crippen LogP contribution in [0, 0.1) is 11.3 Å². The van der Waals surface area contributed by atoms with Gasteiger partial charge in [-0.2, -0.15) is 5.26 Å². The molecule has 0 radical (unpaired) electrons. The van der Waals surface area contributed by atoms with Crippen molar-refractivity contribution in [1.82, 2.24) is 9.80 Å². The summed E-state index contributed by atoms with van der Waals surface area (Å²) in [5, 5.41) is 10.1. The minimum absolute atomic E-state index is 0.0659. The van der Waals surface area contributed by atoms with Crippen LogP contribution in [-0.4, -0.2) is 64.3 Å². The van der Waals surface area contributed by atoms with Crippen LogP contribution < -0.4 is 9.04 Å². The van der Waals surface area contributed by atoms with Crippen LogP contribution in [0.25, 0.3) is 0 Å². The number of carbonyl (C=O) groups excluding carboxylic acids is 2. The second kappa shape index (κ2) is 10.3. The molecule has 0 N–H and O–H groups in total. The van der Waals surface area contributed by atoms with E-state index in [9.17, 15) is 23.3 Å². The van der Waals surface area contributed by atoms with Gasteiger partial charge in [0.15, 0.2) is 5.54 Å². The van der Waals surface area contributed by atoms with Crippen molar-refractivity contribution in [2.45, 2.75) is 23.4 Å². The molecule has 1 aliphatic rings. The molecule has 9 nitrogen and oxygen atoms in total. The first-order valence-corrected chi connectivity index (χ1v) is 13.7. The first-order valence-electron chi connectivity index (χ1n) is 11.9. The molecule has 1 aliphatic heterocycles. The van der Waals surface area contributed by atoms with Crippen molar-refractivity contribution in [2.75, 3.05) is 32.6 Å². The number of methoxy groups -OCH3 is 1. The summed E-state index contributed by atoms with van der Waals surface area (Å²) in [6, 6.07) is 17.8. The number of likely N-dealkylation sites (N-methyl/N-ethyl adjacent to an activating group) is 2. The first-order chi connectivity index (χ1) is 18.4. The summed E-state index contributed by atoms with van der Waals surface area (Å²) < 4.78 is 34.5. The molecule has 2 atom stereocenters. The van der Waals surface area contributed by atoms with Gasteiger partial charge in [-0.05, 0) is 62.5 Å². The Labute approximate surface area is 232 Å². The normalized spacial score (nSPS) is 17.5. The second-order valence-corrected chi connectivity index (χ2v) is 11.5. The van der Waals surface area contributed by atoms with Gasteiger partial charge in [0.25, 0.3) is 15.9 Å². The van der Waals surface area contributed by atoms with Gasteiger partial charge in [-0.3, -0.25) is 14.5 Å². The summed E-state index contributed by atoms with van der Waals surface area (Å²) >= 11 is 5.99. The number of hydrogen-bond acceptors (Lipinski definition) is 7. The molecule has 0 saturated carbocycles. The zero-order chi connectivity index (χ0) is 28.7. The number of sulfonamides is 1. The Bertz CT molecular complexity index is 1600. The van der Waals surface area contributed by atoms with Crippen molar-refractivity contribution in [1.29, 1.82) is 5.26 Å².